The maximum absolute atomic E-state index is 14.3. The first kappa shape index (κ1) is 28.1. The molecule has 0 bridgehead atoms. The van der Waals surface area contributed by atoms with Crippen molar-refractivity contribution in [3.05, 3.63) is 94.0 Å². The Bertz CT molecular complexity index is 1500. The van der Waals surface area contributed by atoms with Gasteiger partial charge in [-0.2, -0.15) is 5.26 Å². The highest BCUT2D eigenvalue weighted by Crippen LogP contribution is 2.41. The van der Waals surface area contributed by atoms with Crippen LogP contribution in [0.1, 0.15) is 80.3 Å². The maximum atomic E-state index is 14.3. The average Bonchev–Trinajstić information content (AvgIpc) is 3.50. The largest absolute Gasteiger partial charge is 0.280 e. The molecule has 0 saturated heterocycles. The molecule has 40 heavy (non-hydrogen) atoms. The molecule has 5 rings (SSSR count). The molecule has 0 radical (unpaired) electrons. The summed E-state index contributed by atoms with van der Waals surface area (Å²) < 4.78 is 0. The van der Waals surface area contributed by atoms with Crippen molar-refractivity contribution in [1.82, 2.24) is 4.98 Å². The first-order chi connectivity index (χ1) is 19.4. The van der Waals surface area contributed by atoms with E-state index in [0.717, 1.165) is 64.3 Å². The Morgan fingerprint density at radius 2 is 1.57 bits per heavy atom. The highest BCUT2D eigenvalue weighted by molar-refractivity contribution is 8.00. The summed E-state index contributed by atoms with van der Waals surface area (Å²) in [6.45, 7) is 8.64. The van der Waals surface area contributed by atoms with Gasteiger partial charge in [0.2, 0.25) is 5.91 Å². The number of thioether (sulfide) groups is 1. The zero-order valence-electron chi connectivity index (χ0n) is 23.6. The van der Waals surface area contributed by atoms with Crippen molar-refractivity contribution in [2.24, 2.45) is 0 Å². The van der Waals surface area contributed by atoms with Crippen molar-refractivity contribution in [3.63, 3.8) is 0 Å². The molecule has 2 heterocycles. The molecule has 1 aliphatic carbocycles. The number of carbonyl (C=O) groups excluding carboxylic acids is 1. The number of aryl methyl sites for hydroxylation is 1. The second-order valence-corrected chi connectivity index (χ2v) is 12.7. The number of amides is 1. The lowest BCUT2D eigenvalue weighted by molar-refractivity contribution is -0.115. The first-order valence-electron chi connectivity index (χ1n) is 14.0. The van der Waals surface area contributed by atoms with E-state index in [0.29, 0.717) is 10.6 Å². The molecule has 0 spiro atoms. The van der Waals surface area contributed by atoms with Crippen molar-refractivity contribution in [2.45, 2.75) is 70.2 Å². The summed E-state index contributed by atoms with van der Waals surface area (Å²) in [5.74, 6) is 0.674. The van der Waals surface area contributed by atoms with Crippen LogP contribution in [-0.4, -0.2) is 16.6 Å². The summed E-state index contributed by atoms with van der Waals surface area (Å²) in [6, 6.07) is 23.0. The number of benzene rings is 2. The number of nitrogens with zero attached hydrogens (tertiary/aromatic N) is 3. The molecule has 2 aromatic heterocycles. The Morgan fingerprint density at radius 3 is 2.15 bits per heavy atom. The topological polar surface area (TPSA) is 57.0 Å². The molecule has 0 saturated carbocycles. The first-order valence-corrected chi connectivity index (χ1v) is 15.9. The van der Waals surface area contributed by atoms with E-state index in [4.69, 9.17) is 4.98 Å². The molecule has 0 N–H and O–H groups in total. The monoisotopic (exact) mass is 565 g/mol. The highest BCUT2D eigenvalue weighted by Gasteiger charge is 2.27. The number of anilines is 2. The van der Waals surface area contributed by atoms with Gasteiger partial charge in [-0.3, -0.25) is 9.69 Å². The van der Waals surface area contributed by atoms with Gasteiger partial charge in [-0.15, -0.1) is 11.3 Å². The van der Waals surface area contributed by atoms with E-state index in [1.165, 1.54) is 17.3 Å². The lowest BCUT2D eigenvalue weighted by Crippen LogP contribution is -2.30. The zero-order chi connectivity index (χ0) is 28.2. The van der Waals surface area contributed by atoms with Crippen LogP contribution in [0.15, 0.2) is 71.1 Å². The maximum Gasteiger partial charge on any atom is 0.241 e. The van der Waals surface area contributed by atoms with Crippen molar-refractivity contribution < 1.29 is 4.79 Å². The predicted octanol–water partition coefficient (Wildman–Crippen LogP) is 9.26. The van der Waals surface area contributed by atoms with Gasteiger partial charge in [-0.1, -0.05) is 81.9 Å². The Labute approximate surface area is 246 Å². The fourth-order valence-corrected chi connectivity index (χ4v) is 7.23. The number of thiophene rings is 1. The number of para-hydroxylation sites is 2. The Hall–Kier alpha value is -3.40. The average molecular weight is 566 g/mol. The van der Waals surface area contributed by atoms with Crippen molar-refractivity contribution in [3.8, 4) is 16.5 Å². The minimum absolute atomic E-state index is 0.0210. The molecular formula is C34H35N3OS2. The third-order valence-corrected chi connectivity index (χ3v) is 9.35. The Kier molecular flexibility index (Phi) is 8.73. The van der Waals surface area contributed by atoms with Gasteiger partial charge >= 0.3 is 0 Å². The molecule has 1 amide bonds. The van der Waals surface area contributed by atoms with Gasteiger partial charge in [0.15, 0.2) is 0 Å². The van der Waals surface area contributed by atoms with E-state index in [2.05, 4.69) is 57.3 Å². The van der Waals surface area contributed by atoms with Crippen LogP contribution in [0.4, 0.5) is 11.4 Å². The molecule has 4 aromatic rings. The lowest BCUT2D eigenvalue weighted by Gasteiger charge is -2.29. The molecule has 2 aromatic carbocycles. The van der Waals surface area contributed by atoms with Crippen LogP contribution in [-0.2, 0) is 17.6 Å². The van der Waals surface area contributed by atoms with Crippen LogP contribution in [0, 0.1) is 11.3 Å². The summed E-state index contributed by atoms with van der Waals surface area (Å²) in [6.07, 6.45) is 4.07. The highest BCUT2D eigenvalue weighted by atomic mass is 32.2. The summed E-state index contributed by atoms with van der Waals surface area (Å²) in [5, 5.41) is 13.0. The molecule has 0 unspecified atom stereocenters. The summed E-state index contributed by atoms with van der Waals surface area (Å²) >= 11 is 3.05. The Balaban J connectivity index is 1.57. The minimum atomic E-state index is -0.0210. The van der Waals surface area contributed by atoms with E-state index in [1.54, 1.807) is 11.3 Å². The van der Waals surface area contributed by atoms with Crippen LogP contribution < -0.4 is 4.90 Å². The third-order valence-electron chi connectivity index (χ3n) is 7.50. The number of rotatable bonds is 8. The van der Waals surface area contributed by atoms with Crippen LogP contribution in [0.25, 0.3) is 10.4 Å². The van der Waals surface area contributed by atoms with E-state index in [-0.39, 0.29) is 23.5 Å². The molecule has 1 aliphatic rings. The molecule has 0 atom stereocenters. The minimum Gasteiger partial charge on any atom is -0.280 e. The van der Waals surface area contributed by atoms with E-state index < -0.39 is 0 Å². The number of fused-ring (bicyclic) bond motifs is 1. The van der Waals surface area contributed by atoms with Gasteiger partial charge < -0.3 is 0 Å². The van der Waals surface area contributed by atoms with Crippen molar-refractivity contribution >= 4 is 40.4 Å². The number of hydrogen-bond acceptors (Lipinski definition) is 5. The molecular weight excluding hydrogens is 531 g/mol. The summed E-state index contributed by atoms with van der Waals surface area (Å²) in [4.78, 5) is 22.3. The quantitative estimate of drug-likeness (QED) is 0.200. The molecule has 0 fully saturated rings. The lowest BCUT2D eigenvalue weighted by atomic mass is 9.89. The fourth-order valence-electron chi connectivity index (χ4n) is 5.57. The second kappa shape index (κ2) is 12.4. The summed E-state index contributed by atoms with van der Waals surface area (Å²) in [7, 11) is 0. The van der Waals surface area contributed by atoms with Gasteiger partial charge in [-0.25, -0.2) is 4.98 Å². The Morgan fingerprint density at radius 1 is 0.950 bits per heavy atom. The molecule has 0 aliphatic heterocycles. The second-order valence-electron chi connectivity index (χ2n) is 10.8. The molecule has 204 valence electrons. The van der Waals surface area contributed by atoms with E-state index in [1.807, 2.05) is 47.4 Å². The van der Waals surface area contributed by atoms with Gasteiger partial charge in [0.1, 0.15) is 11.1 Å². The predicted molar refractivity (Wildman–Crippen MR) is 168 cm³/mol. The van der Waals surface area contributed by atoms with Crippen LogP contribution in [0.5, 0.6) is 0 Å². The smallest absolute Gasteiger partial charge is 0.241 e. The number of carbonyl (C=O) groups is 1. The number of pyridine rings is 1. The SMILES string of the molecule is CC(C)c1ccccc1N(C(=O)CSc1nc2c(c(-c3cccs3)c1C#N)CCCC2)c1ccccc1C(C)C. The number of aromatic nitrogens is 1. The molecule has 6 heteroatoms. The van der Waals surface area contributed by atoms with E-state index in [9.17, 15) is 10.1 Å². The fraction of sp³-hybridized carbons (Fsp3) is 0.324. The van der Waals surface area contributed by atoms with Gasteiger partial charge in [0.25, 0.3) is 0 Å². The van der Waals surface area contributed by atoms with Crippen LogP contribution in [0.2, 0.25) is 0 Å². The number of hydrogen-bond donors (Lipinski definition) is 0. The number of nitriles is 1. The van der Waals surface area contributed by atoms with E-state index >= 15 is 0 Å². The van der Waals surface area contributed by atoms with Crippen LogP contribution in [0.3, 0.4) is 0 Å². The molecule has 4 nitrogen and oxygen atoms in total. The normalized spacial score (nSPS) is 12.8. The third kappa shape index (κ3) is 5.59. The van der Waals surface area contributed by atoms with Crippen molar-refractivity contribution in [2.75, 3.05) is 10.7 Å². The van der Waals surface area contributed by atoms with Gasteiger partial charge in [0.05, 0.1) is 22.7 Å². The van der Waals surface area contributed by atoms with Crippen LogP contribution >= 0.6 is 23.1 Å². The standard InChI is InChI=1S/C34H35N3OS2/c1-22(2)24-12-6-9-16-29(24)37(30-17-10-7-13-25(30)23(3)4)32(38)21-40-34-27(20-35)33(31-18-11-19-39-31)26-14-5-8-15-28(26)36-34/h6-7,9-13,16-19,22-23H,5,8,14-15,21H2,1-4H3. The zero-order valence-corrected chi connectivity index (χ0v) is 25.2. The summed E-state index contributed by atoms with van der Waals surface area (Å²) in [5.41, 5.74) is 7.98. The van der Waals surface area contributed by atoms with Gasteiger partial charge in [0, 0.05) is 16.1 Å². The van der Waals surface area contributed by atoms with Gasteiger partial charge in [-0.05, 0) is 77.8 Å². The van der Waals surface area contributed by atoms with Crippen molar-refractivity contribution in [1.29, 1.82) is 5.26 Å².